The van der Waals surface area contributed by atoms with E-state index in [-0.39, 0.29) is 11.8 Å². The average molecular weight is 347 g/mol. The second kappa shape index (κ2) is 6.31. The molecule has 2 aromatic heterocycles. The number of carbonyl (C=O) groups is 1. The second-order valence-corrected chi connectivity index (χ2v) is 7.76. The van der Waals surface area contributed by atoms with Gasteiger partial charge in [0.1, 0.15) is 5.76 Å². The first-order valence-corrected chi connectivity index (χ1v) is 9.07. The number of rotatable bonds is 5. The first-order chi connectivity index (χ1) is 11.7. The predicted molar refractivity (Wildman–Crippen MR) is 89.4 cm³/mol. The van der Waals surface area contributed by atoms with E-state index < -0.39 is 5.41 Å². The van der Waals surface area contributed by atoms with Gasteiger partial charge in [0.05, 0.1) is 30.9 Å². The van der Waals surface area contributed by atoms with E-state index in [1.54, 1.807) is 11.3 Å². The molecule has 1 N–H and O–H groups in total. The quantitative estimate of drug-likeness (QED) is 0.893. The molecule has 7 heteroatoms. The molecule has 4 rings (SSSR count). The van der Waals surface area contributed by atoms with Gasteiger partial charge in [-0.1, -0.05) is 11.2 Å². The summed E-state index contributed by atoms with van der Waals surface area (Å²) in [6.45, 7) is 5.92. The Hall–Kier alpha value is -1.70. The number of aryl methyl sites for hydroxylation is 1. The van der Waals surface area contributed by atoms with Gasteiger partial charge in [-0.3, -0.25) is 9.69 Å². The first kappa shape index (κ1) is 15.8. The smallest absolute Gasteiger partial charge is 0.230 e. The fourth-order valence-electron chi connectivity index (χ4n) is 3.76. The molecule has 24 heavy (non-hydrogen) atoms. The molecule has 0 aromatic carbocycles. The number of likely N-dealkylation sites (tertiary alicyclic amines) is 1. The normalized spacial score (nSPS) is 26.6. The second-order valence-electron chi connectivity index (χ2n) is 6.73. The van der Waals surface area contributed by atoms with Crippen LogP contribution in [-0.2, 0) is 22.6 Å². The Morgan fingerprint density at radius 2 is 2.50 bits per heavy atom. The number of nitrogens with one attached hydrogen (secondary N) is 1. The van der Waals surface area contributed by atoms with Gasteiger partial charge < -0.3 is 14.6 Å². The Kier molecular flexibility index (Phi) is 4.15. The van der Waals surface area contributed by atoms with Crippen molar-refractivity contribution >= 4 is 17.2 Å². The minimum atomic E-state index is -0.434. The highest BCUT2D eigenvalue weighted by Gasteiger charge is 2.55. The SMILES string of the molecule is Cc1cc(CN2C[C@@H]3COC[C@]3(C(=O)NCc3cccs3)C2)no1. The van der Waals surface area contributed by atoms with Crippen LogP contribution in [0.1, 0.15) is 16.3 Å². The third kappa shape index (κ3) is 2.87. The Balaban J connectivity index is 1.43. The van der Waals surface area contributed by atoms with Gasteiger partial charge in [-0.05, 0) is 18.4 Å². The highest BCUT2D eigenvalue weighted by Crippen LogP contribution is 2.42. The topological polar surface area (TPSA) is 67.6 Å². The van der Waals surface area contributed by atoms with Gasteiger partial charge in [0.15, 0.2) is 0 Å². The number of nitrogens with zero attached hydrogens (tertiary/aromatic N) is 2. The van der Waals surface area contributed by atoms with Crippen molar-refractivity contribution in [2.75, 3.05) is 26.3 Å². The van der Waals surface area contributed by atoms with Gasteiger partial charge in [-0.15, -0.1) is 11.3 Å². The van der Waals surface area contributed by atoms with Crippen molar-refractivity contribution in [2.24, 2.45) is 11.3 Å². The van der Waals surface area contributed by atoms with Gasteiger partial charge in [-0.2, -0.15) is 0 Å². The van der Waals surface area contributed by atoms with Crippen molar-refractivity contribution in [3.05, 3.63) is 39.9 Å². The van der Waals surface area contributed by atoms with Gasteiger partial charge in [0.25, 0.3) is 0 Å². The van der Waals surface area contributed by atoms with Crippen LogP contribution in [0.5, 0.6) is 0 Å². The molecule has 2 aliphatic heterocycles. The summed E-state index contributed by atoms with van der Waals surface area (Å²) >= 11 is 1.66. The summed E-state index contributed by atoms with van der Waals surface area (Å²) in [4.78, 5) is 16.4. The molecule has 128 valence electrons. The van der Waals surface area contributed by atoms with Crippen LogP contribution >= 0.6 is 11.3 Å². The van der Waals surface area contributed by atoms with Crippen LogP contribution in [0, 0.1) is 18.3 Å². The minimum absolute atomic E-state index is 0.109. The number of carbonyl (C=O) groups excluding carboxylic acids is 1. The summed E-state index contributed by atoms with van der Waals surface area (Å²) in [7, 11) is 0. The minimum Gasteiger partial charge on any atom is -0.380 e. The number of aromatic nitrogens is 1. The first-order valence-electron chi connectivity index (χ1n) is 8.19. The molecule has 0 bridgehead atoms. The molecule has 0 radical (unpaired) electrons. The van der Waals surface area contributed by atoms with Crippen molar-refractivity contribution < 1.29 is 14.1 Å². The third-order valence-electron chi connectivity index (χ3n) is 4.96. The van der Waals surface area contributed by atoms with Gasteiger partial charge >= 0.3 is 0 Å². The third-order valence-corrected chi connectivity index (χ3v) is 5.84. The van der Waals surface area contributed by atoms with Crippen LogP contribution < -0.4 is 5.32 Å². The highest BCUT2D eigenvalue weighted by atomic mass is 32.1. The van der Waals surface area contributed by atoms with Crippen LogP contribution in [-0.4, -0.2) is 42.3 Å². The molecule has 0 spiro atoms. The molecular formula is C17H21N3O3S. The molecule has 1 amide bonds. The molecule has 2 aromatic rings. The maximum atomic E-state index is 12.9. The van der Waals surface area contributed by atoms with Crippen molar-refractivity contribution in [3.8, 4) is 0 Å². The summed E-state index contributed by atoms with van der Waals surface area (Å²) in [5.41, 5.74) is 0.485. The fourth-order valence-corrected chi connectivity index (χ4v) is 4.40. The lowest BCUT2D eigenvalue weighted by Gasteiger charge is -2.25. The largest absolute Gasteiger partial charge is 0.380 e. The zero-order chi connectivity index (χ0) is 16.6. The van der Waals surface area contributed by atoms with Crippen LogP contribution in [0.4, 0.5) is 0 Å². The number of ether oxygens (including phenoxy) is 1. The lowest BCUT2D eigenvalue weighted by atomic mass is 9.80. The van der Waals surface area contributed by atoms with E-state index in [0.29, 0.717) is 32.8 Å². The van der Waals surface area contributed by atoms with Crippen LogP contribution in [0.15, 0.2) is 28.1 Å². The molecule has 0 aliphatic carbocycles. The summed E-state index contributed by atoms with van der Waals surface area (Å²) < 4.78 is 10.8. The van der Waals surface area contributed by atoms with E-state index in [2.05, 4.69) is 15.4 Å². The molecule has 0 unspecified atom stereocenters. The number of thiophene rings is 1. The monoisotopic (exact) mass is 347 g/mol. The van der Waals surface area contributed by atoms with Gasteiger partial charge in [0, 0.05) is 36.5 Å². The van der Waals surface area contributed by atoms with Gasteiger partial charge in [0.2, 0.25) is 5.91 Å². The summed E-state index contributed by atoms with van der Waals surface area (Å²) in [5.74, 6) is 1.17. The Morgan fingerprint density at radius 1 is 1.58 bits per heavy atom. The lowest BCUT2D eigenvalue weighted by Crippen LogP contribution is -2.46. The highest BCUT2D eigenvalue weighted by molar-refractivity contribution is 7.09. The van der Waals surface area contributed by atoms with E-state index in [1.165, 1.54) is 4.88 Å². The van der Waals surface area contributed by atoms with E-state index in [9.17, 15) is 4.79 Å². The van der Waals surface area contributed by atoms with Crippen LogP contribution in [0.25, 0.3) is 0 Å². The number of hydrogen-bond acceptors (Lipinski definition) is 6. The molecule has 2 saturated heterocycles. The van der Waals surface area contributed by atoms with E-state index in [0.717, 1.165) is 18.0 Å². The molecule has 4 heterocycles. The summed E-state index contributed by atoms with van der Waals surface area (Å²) in [5, 5.41) is 9.20. The zero-order valence-electron chi connectivity index (χ0n) is 13.7. The molecular weight excluding hydrogens is 326 g/mol. The van der Waals surface area contributed by atoms with Gasteiger partial charge in [-0.25, -0.2) is 0 Å². The van der Waals surface area contributed by atoms with E-state index in [1.807, 2.05) is 30.5 Å². The fraction of sp³-hybridized carbons (Fsp3) is 0.529. The van der Waals surface area contributed by atoms with Crippen LogP contribution in [0.2, 0.25) is 0 Å². The lowest BCUT2D eigenvalue weighted by molar-refractivity contribution is -0.131. The van der Waals surface area contributed by atoms with Crippen molar-refractivity contribution in [1.29, 1.82) is 0 Å². The predicted octanol–water partition coefficient (Wildman–Crippen LogP) is 1.81. The van der Waals surface area contributed by atoms with Crippen molar-refractivity contribution in [3.63, 3.8) is 0 Å². The van der Waals surface area contributed by atoms with Crippen LogP contribution in [0.3, 0.4) is 0 Å². The van der Waals surface area contributed by atoms with Crippen molar-refractivity contribution in [1.82, 2.24) is 15.4 Å². The number of hydrogen-bond donors (Lipinski definition) is 1. The standard InChI is InChI=1S/C17H21N3O3S/c1-12-5-14(19-23-12)8-20-7-13-9-22-11-17(13,10-20)16(21)18-6-15-3-2-4-24-15/h2-5,13H,6-11H2,1H3,(H,18,21)/t13-,17-/m1/s1. The number of fused-ring (bicyclic) bond motifs is 1. The molecule has 6 nitrogen and oxygen atoms in total. The molecule has 2 aliphatic rings. The van der Waals surface area contributed by atoms with E-state index >= 15 is 0 Å². The zero-order valence-corrected chi connectivity index (χ0v) is 14.5. The number of amides is 1. The Labute approximate surface area is 144 Å². The Bertz CT molecular complexity index is 714. The molecule has 2 atom stereocenters. The maximum absolute atomic E-state index is 12.9. The van der Waals surface area contributed by atoms with E-state index in [4.69, 9.17) is 9.26 Å². The average Bonchev–Trinajstić information content (AvgIpc) is 3.29. The summed E-state index contributed by atoms with van der Waals surface area (Å²) in [6.07, 6.45) is 0. The summed E-state index contributed by atoms with van der Waals surface area (Å²) in [6, 6.07) is 6.00. The molecule has 0 saturated carbocycles. The Morgan fingerprint density at radius 3 is 3.25 bits per heavy atom. The molecule has 2 fully saturated rings. The van der Waals surface area contributed by atoms with Crippen molar-refractivity contribution in [2.45, 2.75) is 20.0 Å². The maximum Gasteiger partial charge on any atom is 0.230 e.